The predicted octanol–water partition coefficient (Wildman–Crippen LogP) is 3.48. The lowest BCUT2D eigenvalue weighted by Crippen LogP contribution is -2.38. The highest BCUT2D eigenvalue weighted by atomic mass is 15.3. The topological polar surface area (TPSA) is 64.7 Å². The summed E-state index contributed by atoms with van der Waals surface area (Å²) in [6.45, 7) is 10.3. The van der Waals surface area contributed by atoms with Crippen LogP contribution in [0, 0.1) is 19.8 Å². The number of imidazole rings is 1. The molecular formula is C21H29N7. The van der Waals surface area contributed by atoms with Gasteiger partial charge in [0.1, 0.15) is 5.82 Å². The van der Waals surface area contributed by atoms with E-state index in [0.29, 0.717) is 5.92 Å². The van der Waals surface area contributed by atoms with Gasteiger partial charge in [-0.05, 0) is 45.1 Å². The molecule has 0 N–H and O–H groups in total. The van der Waals surface area contributed by atoms with Crippen LogP contribution in [0.1, 0.15) is 37.7 Å². The van der Waals surface area contributed by atoms with Crippen molar-refractivity contribution in [1.82, 2.24) is 29.3 Å². The fourth-order valence-electron chi connectivity index (χ4n) is 4.06. The van der Waals surface area contributed by atoms with Crippen molar-refractivity contribution in [2.75, 3.05) is 18.0 Å². The molecule has 7 nitrogen and oxygen atoms in total. The van der Waals surface area contributed by atoms with E-state index in [0.717, 1.165) is 55.6 Å². The van der Waals surface area contributed by atoms with Crippen LogP contribution in [-0.2, 0) is 13.1 Å². The molecule has 0 spiro atoms. The summed E-state index contributed by atoms with van der Waals surface area (Å²) in [6, 6.07) is 1.99. The Morgan fingerprint density at radius 2 is 2.07 bits per heavy atom. The molecule has 7 heteroatoms. The van der Waals surface area contributed by atoms with E-state index < -0.39 is 0 Å². The van der Waals surface area contributed by atoms with Crippen LogP contribution >= 0.6 is 0 Å². The lowest BCUT2D eigenvalue weighted by atomic mass is 9.98. The quantitative estimate of drug-likeness (QED) is 0.656. The first-order chi connectivity index (χ1) is 13.7. The Morgan fingerprint density at radius 3 is 2.86 bits per heavy atom. The van der Waals surface area contributed by atoms with Gasteiger partial charge in [-0.25, -0.2) is 15.0 Å². The summed E-state index contributed by atoms with van der Waals surface area (Å²) >= 11 is 0. The third-order valence-electron chi connectivity index (χ3n) is 5.64. The minimum absolute atomic E-state index is 0.586. The van der Waals surface area contributed by atoms with Crippen molar-refractivity contribution in [3.63, 3.8) is 0 Å². The Labute approximate surface area is 166 Å². The second-order valence-corrected chi connectivity index (χ2v) is 7.69. The average Bonchev–Trinajstić information content (AvgIpc) is 3.28. The number of hydrogen-bond donors (Lipinski definition) is 0. The lowest BCUT2D eigenvalue weighted by molar-refractivity contribution is 0.361. The van der Waals surface area contributed by atoms with E-state index >= 15 is 0 Å². The predicted molar refractivity (Wildman–Crippen MR) is 110 cm³/mol. The fourth-order valence-corrected chi connectivity index (χ4v) is 4.06. The van der Waals surface area contributed by atoms with Crippen LogP contribution < -0.4 is 4.90 Å². The smallest absolute Gasteiger partial charge is 0.225 e. The summed E-state index contributed by atoms with van der Waals surface area (Å²) in [5, 5.41) is 4.52. The van der Waals surface area contributed by atoms with Crippen molar-refractivity contribution in [1.29, 1.82) is 0 Å². The summed E-state index contributed by atoms with van der Waals surface area (Å²) in [5.74, 6) is 2.49. The van der Waals surface area contributed by atoms with Crippen molar-refractivity contribution in [3.8, 4) is 11.3 Å². The third-order valence-corrected chi connectivity index (χ3v) is 5.64. The molecule has 0 saturated carbocycles. The van der Waals surface area contributed by atoms with Gasteiger partial charge < -0.3 is 9.47 Å². The van der Waals surface area contributed by atoms with Crippen LogP contribution in [0.15, 0.2) is 30.9 Å². The number of anilines is 1. The van der Waals surface area contributed by atoms with E-state index in [2.05, 4.69) is 56.2 Å². The first-order valence-electron chi connectivity index (χ1n) is 10.2. The molecule has 28 heavy (non-hydrogen) atoms. The summed E-state index contributed by atoms with van der Waals surface area (Å²) < 4.78 is 4.30. The van der Waals surface area contributed by atoms with E-state index in [-0.39, 0.29) is 0 Å². The zero-order valence-corrected chi connectivity index (χ0v) is 17.0. The Morgan fingerprint density at radius 1 is 1.18 bits per heavy atom. The Bertz CT molecular complexity index is 926. The molecule has 1 atom stereocenters. The first kappa shape index (κ1) is 18.7. The van der Waals surface area contributed by atoms with Gasteiger partial charge in [0, 0.05) is 56.0 Å². The second-order valence-electron chi connectivity index (χ2n) is 7.69. The van der Waals surface area contributed by atoms with Crippen LogP contribution in [0.25, 0.3) is 11.3 Å². The fraction of sp³-hybridized carbons (Fsp3) is 0.524. The highest BCUT2D eigenvalue weighted by Crippen LogP contribution is 2.26. The molecule has 1 aliphatic heterocycles. The molecule has 1 fully saturated rings. The van der Waals surface area contributed by atoms with Gasteiger partial charge in [-0.15, -0.1) is 0 Å². The van der Waals surface area contributed by atoms with E-state index in [1.807, 2.05) is 24.7 Å². The molecular weight excluding hydrogens is 350 g/mol. The van der Waals surface area contributed by atoms with E-state index in [4.69, 9.17) is 4.98 Å². The van der Waals surface area contributed by atoms with Gasteiger partial charge in [-0.1, -0.05) is 6.92 Å². The van der Waals surface area contributed by atoms with E-state index in [1.54, 1.807) is 0 Å². The van der Waals surface area contributed by atoms with Crippen molar-refractivity contribution in [3.05, 3.63) is 42.4 Å². The van der Waals surface area contributed by atoms with Gasteiger partial charge >= 0.3 is 0 Å². The SMILES string of the molecule is CCCn1ncc(-c2ccnc(N3CCCC(Cn4ccnc4C)C3)n2)c1C. The summed E-state index contributed by atoms with van der Waals surface area (Å²) in [5.41, 5.74) is 3.22. The zero-order valence-electron chi connectivity index (χ0n) is 17.0. The van der Waals surface area contributed by atoms with Gasteiger partial charge in [0.25, 0.3) is 0 Å². The summed E-state index contributed by atoms with van der Waals surface area (Å²) in [6.07, 6.45) is 11.2. The lowest BCUT2D eigenvalue weighted by Gasteiger charge is -2.33. The van der Waals surface area contributed by atoms with E-state index in [1.165, 1.54) is 18.5 Å². The van der Waals surface area contributed by atoms with E-state index in [9.17, 15) is 0 Å². The maximum atomic E-state index is 4.89. The molecule has 0 amide bonds. The molecule has 4 heterocycles. The van der Waals surface area contributed by atoms with Crippen molar-refractivity contribution in [2.24, 2.45) is 5.92 Å². The molecule has 0 bridgehead atoms. The van der Waals surface area contributed by atoms with Gasteiger partial charge in [0.2, 0.25) is 5.95 Å². The molecule has 0 aromatic carbocycles. The number of rotatable bonds is 6. The maximum absolute atomic E-state index is 4.89. The minimum Gasteiger partial charge on any atom is -0.340 e. The highest BCUT2D eigenvalue weighted by Gasteiger charge is 2.23. The number of nitrogens with zero attached hydrogens (tertiary/aromatic N) is 7. The number of piperidine rings is 1. The Hall–Kier alpha value is -2.70. The van der Waals surface area contributed by atoms with Gasteiger partial charge in [0.05, 0.1) is 11.9 Å². The largest absolute Gasteiger partial charge is 0.340 e. The van der Waals surface area contributed by atoms with Gasteiger partial charge in [0.15, 0.2) is 0 Å². The summed E-state index contributed by atoms with van der Waals surface area (Å²) in [4.78, 5) is 16.1. The van der Waals surface area contributed by atoms with Crippen LogP contribution in [-0.4, -0.2) is 42.4 Å². The molecule has 4 rings (SSSR count). The third kappa shape index (κ3) is 3.79. The van der Waals surface area contributed by atoms with Crippen molar-refractivity contribution < 1.29 is 0 Å². The van der Waals surface area contributed by atoms with Gasteiger partial charge in [-0.3, -0.25) is 4.68 Å². The molecule has 1 unspecified atom stereocenters. The monoisotopic (exact) mass is 379 g/mol. The van der Waals surface area contributed by atoms with Gasteiger partial charge in [-0.2, -0.15) is 5.10 Å². The number of aryl methyl sites for hydroxylation is 2. The van der Waals surface area contributed by atoms with Crippen LogP contribution in [0.2, 0.25) is 0 Å². The van der Waals surface area contributed by atoms with Crippen LogP contribution in [0.4, 0.5) is 5.95 Å². The molecule has 148 valence electrons. The Kier molecular flexibility index (Phi) is 5.41. The molecule has 1 saturated heterocycles. The minimum atomic E-state index is 0.586. The Balaban J connectivity index is 1.51. The molecule has 0 radical (unpaired) electrons. The average molecular weight is 380 g/mol. The standard InChI is InChI=1S/C21H29N7/c1-4-10-28-16(2)19(13-24-28)20-7-8-23-21(25-20)27-11-5-6-18(15-27)14-26-12-9-22-17(26)3/h7-9,12-13,18H,4-6,10-11,14-15H2,1-3H3. The second kappa shape index (κ2) is 8.12. The number of aromatic nitrogens is 6. The molecule has 1 aliphatic rings. The zero-order chi connectivity index (χ0) is 19.5. The normalized spacial score (nSPS) is 17.2. The van der Waals surface area contributed by atoms with Crippen LogP contribution in [0.5, 0.6) is 0 Å². The van der Waals surface area contributed by atoms with Crippen molar-refractivity contribution in [2.45, 2.75) is 53.1 Å². The highest BCUT2D eigenvalue weighted by molar-refractivity contribution is 5.62. The van der Waals surface area contributed by atoms with Crippen molar-refractivity contribution >= 4 is 5.95 Å². The first-order valence-corrected chi connectivity index (χ1v) is 10.2. The maximum Gasteiger partial charge on any atom is 0.225 e. The number of hydrogen-bond acceptors (Lipinski definition) is 5. The van der Waals surface area contributed by atoms with Crippen LogP contribution in [0.3, 0.4) is 0 Å². The molecule has 3 aromatic rings. The summed E-state index contributed by atoms with van der Waals surface area (Å²) in [7, 11) is 0. The molecule has 0 aliphatic carbocycles. The molecule has 3 aromatic heterocycles.